The summed E-state index contributed by atoms with van der Waals surface area (Å²) in [6, 6.07) is 0. The van der Waals surface area contributed by atoms with Crippen LogP contribution in [-0.4, -0.2) is 49.7 Å². The fraction of sp³-hybridized carbons (Fsp3) is 0.727. The van der Waals surface area contributed by atoms with E-state index in [1.807, 2.05) is 41.5 Å². The van der Waals surface area contributed by atoms with Crippen LogP contribution >= 0.6 is 0 Å². The molecule has 8 heteroatoms. The second-order valence-corrected chi connectivity index (χ2v) is 5.59. The summed E-state index contributed by atoms with van der Waals surface area (Å²) in [4.78, 5) is 31.8. The van der Waals surface area contributed by atoms with Crippen molar-refractivity contribution in [1.29, 1.82) is 0 Å². The highest BCUT2D eigenvalue weighted by Gasteiger charge is 2.37. The molecular weight excluding hydrogens is 258 g/mol. The number of rotatable bonds is 0. The van der Waals surface area contributed by atoms with Gasteiger partial charge in [-0.1, -0.05) is 0 Å². The first-order chi connectivity index (χ1) is 8.19. The molecule has 0 atom stereocenters. The Kier molecular flexibility index (Phi) is 6.94. The van der Waals surface area contributed by atoms with Crippen LogP contribution in [0, 0.1) is 0 Å². The minimum absolute atomic E-state index is 0.495. The predicted octanol–water partition coefficient (Wildman–Crippen LogP) is 2.92. The maximum atomic E-state index is 11.6. The molecule has 0 spiro atoms. The molecule has 0 aliphatic heterocycles. The van der Waals surface area contributed by atoms with Crippen LogP contribution in [-0.2, 0) is 4.74 Å². The van der Waals surface area contributed by atoms with Gasteiger partial charge in [0, 0.05) is 11.1 Å². The molecule has 0 saturated carbocycles. The van der Waals surface area contributed by atoms with Crippen molar-refractivity contribution in [1.82, 2.24) is 4.90 Å². The van der Waals surface area contributed by atoms with Crippen LogP contribution < -0.4 is 0 Å². The Balaban J connectivity index is 0. The van der Waals surface area contributed by atoms with Crippen molar-refractivity contribution in [3.63, 3.8) is 0 Å². The molecule has 0 aromatic rings. The van der Waals surface area contributed by atoms with Gasteiger partial charge in [-0.3, -0.25) is 4.90 Å². The molecule has 0 bridgehead atoms. The standard InChI is InChI=1S/C10H19NO4.CH2O3/c1-9(2,3)11(10(4,5)6)7(12)15-8(13)14;2-1(3)4/h1-6H3,(H,13,14);(H2,2,3,4). The van der Waals surface area contributed by atoms with E-state index in [0.29, 0.717) is 0 Å². The molecule has 0 aromatic carbocycles. The molecule has 0 rings (SSSR count). The lowest BCUT2D eigenvalue weighted by Gasteiger charge is -2.43. The van der Waals surface area contributed by atoms with E-state index in [0.717, 1.165) is 0 Å². The van der Waals surface area contributed by atoms with Crippen molar-refractivity contribution in [2.75, 3.05) is 0 Å². The lowest BCUT2D eigenvalue weighted by atomic mass is 9.97. The number of amides is 1. The Hall–Kier alpha value is -1.99. The smallest absolute Gasteiger partial charge is 0.450 e. The molecule has 112 valence electrons. The van der Waals surface area contributed by atoms with E-state index in [9.17, 15) is 9.59 Å². The molecule has 8 nitrogen and oxygen atoms in total. The second kappa shape index (κ2) is 6.81. The highest BCUT2D eigenvalue weighted by molar-refractivity contribution is 5.80. The van der Waals surface area contributed by atoms with Gasteiger partial charge in [0.15, 0.2) is 0 Å². The predicted molar refractivity (Wildman–Crippen MR) is 66.5 cm³/mol. The Morgan fingerprint density at radius 1 is 0.842 bits per heavy atom. The Morgan fingerprint density at radius 2 is 1.11 bits per heavy atom. The molecule has 0 aromatic heterocycles. The van der Waals surface area contributed by atoms with E-state index in [1.54, 1.807) is 0 Å². The molecular formula is C11H21NO7. The summed E-state index contributed by atoms with van der Waals surface area (Å²) in [6.07, 6.45) is -4.26. The van der Waals surface area contributed by atoms with Crippen LogP contribution in [0.4, 0.5) is 14.4 Å². The average Bonchev–Trinajstić information content (AvgIpc) is 1.92. The Morgan fingerprint density at radius 3 is 1.26 bits per heavy atom. The normalized spacial score (nSPS) is 10.8. The van der Waals surface area contributed by atoms with Crippen LogP contribution in [0.5, 0.6) is 0 Å². The Labute approximate surface area is 111 Å². The van der Waals surface area contributed by atoms with Gasteiger partial charge < -0.3 is 20.1 Å². The molecule has 0 fully saturated rings. The van der Waals surface area contributed by atoms with Crippen LogP contribution in [0.1, 0.15) is 41.5 Å². The number of ether oxygens (including phenoxy) is 1. The minimum Gasteiger partial charge on any atom is -0.450 e. The van der Waals surface area contributed by atoms with E-state index < -0.39 is 29.5 Å². The van der Waals surface area contributed by atoms with Crippen LogP contribution in [0.15, 0.2) is 0 Å². The number of carbonyl (C=O) groups excluding carboxylic acids is 1. The topological polar surface area (TPSA) is 124 Å². The molecule has 0 saturated heterocycles. The highest BCUT2D eigenvalue weighted by Crippen LogP contribution is 2.25. The van der Waals surface area contributed by atoms with Gasteiger partial charge in [-0.05, 0) is 41.5 Å². The first kappa shape index (κ1) is 19.4. The summed E-state index contributed by atoms with van der Waals surface area (Å²) < 4.78 is 4.17. The van der Waals surface area contributed by atoms with Crippen molar-refractivity contribution in [2.45, 2.75) is 52.6 Å². The van der Waals surface area contributed by atoms with Gasteiger partial charge in [-0.25, -0.2) is 14.4 Å². The molecule has 0 aliphatic carbocycles. The zero-order chi connectivity index (χ0) is 16.0. The molecule has 0 heterocycles. The van der Waals surface area contributed by atoms with Crippen molar-refractivity contribution < 1.29 is 34.4 Å². The van der Waals surface area contributed by atoms with Crippen molar-refractivity contribution in [2.24, 2.45) is 0 Å². The maximum absolute atomic E-state index is 11.6. The summed E-state index contributed by atoms with van der Waals surface area (Å²) in [5, 5.41) is 22.3. The summed E-state index contributed by atoms with van der Waals surface area (Å²) >= 11 is 0. The first-order valence-corrected chi connectivity index (χ1v) is 5.36. The number of carboxylic acid groups (broad SMARTS) is 3. The maximum Gasteiger partial charge on any atom is 0.514 e. The molecule has 0 unspecified atom stereocenters. The van der Waals surface area contributed by atoms with E-state index in [4.69, 9.17) is 20.1 Å². The third-order valence-electron chi connectivity index (χ3n) is 1.70. The van der Waals surface area contributed by atoms with Crippen molar-refractivity contribution in [3.05, 3.63) is 0 Å². The zero-order valence-corrected chi connectivity index (χ0v) is 11.9. The minimum atomic E-state index is -1.83. The van der Waals surface area contributed by atoms with E-state index >= 15 is 0 Å². The first-order valence-electron chi connectivity index (χ1n) is 5.36. The molecule has 19 heavy (non-hydrogen) atoms. The van der Waals surface area contributed by atoms with Crippen LogP contribution in [0.3, 0.4) is 0 Å². The lowest BCUT2D eigenvalue weighted by molar-refractivity contribution is 0.0248. The van der Waals surface area contributed by atoms with Crippen molar-refractivity contribution >= 4 is 18.4 Å². The highest BCUT2D eigenvalue weighted by atomic mass is 16.7. The van der Waals surface area contributed by atoms with Crippen molar-refractivity contribution in [3.8, 4) is 0 Å². The third-order valence-corrected chi connectivity index (χ3v) is 1.70. The third kappa shape index (κ3) is 9.69. The van der Waals surface area contributed by atoms with Gasteiger partial charge in [0.25, 0.3) is 0 Å². The Bertz CT molecular complexity index is 320. The van der Waals surface area contributed by atoms with E-state index in [2.05, 4.69) is 4.74 Å². The van der Waals surface area contributed by atoms with Gasteiger partial charge >= 0.3 is 18.4 Å². The van der Waals surface area contributed by atoms with E-state index in [-0.39, 0.29) is 0 Å². The largest absolute Gasteiger partial charge is 0.514 e. The summed E-state index contributed by atoms with van der Waals surface area (Å²) in [6.45, 7) is 10.9. The van der Waals surface area contributed by atoms with Gasteiger partial charge in [0.2, 0.25) is 0 Å². The van der Waals surface area contributed by atoms with Gasteiger partial charge in [-0.15, -0.1) is 0 Å². The monoisotopic (exact) mass is 279 g/mol. The zero-order valence-electron chi connectivity index (χ0n) is 11.9. The van der Waals surface area contributed by atoms with Crippen LogP contribution in [0.25, 0.3) is 0 Å². The van der Waals surface area contributed by atoms with E-state index in [1.165, 1.54) is 4.90 Å². The summed E-state index contributed by atoms with van der Waals surface area (Å²) in [5.74, 6) is 0. The molecule has 0 radical (unpaired) electrons. The summed E-state index contributed by atoms with van der Waals surface area (Å²) in [7, 11) is 0. The SMILES string of the molecule is CC(C)(C)N(C(=O)OC(=O)O)C(C)(C)C.O=C(O)O. The lowest BCUT2D eigenvalue weighted by Crippen LogP contribution is -2.56. The fourth-order valence-corrected chi connectivity index (χ4v) is 1.67. The molecule has 0 aliphatic rings. The fourth-order valence-electron chi connectivity index (χ4n) is 1.67. The van der Waals surface area contributed by atoms with Gasteiger partial charge in [0.1, 0.15) is 0 Å². The quantitative estimate of drug-likeness (QED) is 0.460. The second-order valence-electron chi connectivity index (χ2n) is 5.59. The average molecular weight is 279 g/mol. The van der Waals surface area contributed by atoms with Crippen LogP contribution in [0.2, 0.25) is 0 Å². The summed E-state index contributed by atoms with van der Waals surface area (Å²) in [5.41, 5.74) is -0.991. The number of carbonyl (C=O) groups is 3. The van der Waals surface area contributed by atoms with Gasteiger partial charge in [-0.2, -0.15) is 0 Å². The number of hydrogen-bond donors (Lipinski definition) is 3. The van der Waals surface area contributed by atoms with Gasteiger partial charge in [0.05, 0.1) is 0 Å². The molecule has 1 amide bonds. The number of nitrogens with zero attached hydrogens (tertiary/aromatic N) is 1. The number of hydrogen-bond acceptors (Lipinski definition) is 4. The molecule has 3 N–H and O–H groups in total.